The molecule has 0 spiro atoms. The lowest BCUT2D eigenvalue weighted by Gasteiger charge is -2.19. The van der Waals surface area contributed by atoms with Crippen LogP contribution >= 0.6 is 27.5 Å². The predicted molar refractivity (Wildman–Crippen MR) is 81.9 cm³/mol. The molecule has 0 saturated carbocycles. The second-order valence-electron chi connectivity index (χ2n) is 4.81. The van der Waals surface area contributed by atoms with Gasteiger partial charge < -0.3 is 4.74 Å². The first-order valence-corrected chi connectivity index (χ1v) is 7.59. The average molecular weight is 338 g/mol. The van der Waals surface area contributed by atoms with Gasteiger partial charge in [0.1, 0.15) is 11.9 Å². The van der Waals surface area contributed by atoms with Gasteiger partial charge in [-0.15, -0.1) is 11.6 Å². The lowest BCUT2D eigenvalue weighted by Crippen LogP contribution is -2.11. The Bertz CT molecular complexity index is 584. The smallest absolute Gasteiger partial charge is 0.125 e. The molecular formula is C16H14BrClO. The van der Waals surface area contributed by atoms with Gasteiger partial charge in [0.15, 0.2) is 0 Å². The third-order valence-electron chi connectivity index (χ3n) is 3.37. The SMILES string of the molecule is Cl[C@H]1Cc2ccccc2O[C@@H](c2cccc(Br)c2)C1. The summed E-state index contributed by atoms with van der Waals surface area (Å²) in [6, 6.07) is 16.4. The Morgan fingerprint density at radius 1 is 1.11 bits per heavy atom. The molecule has 1 nitrogen and oxygen atoms in total. The summed E-state index contributed by atoms with van der Waals surface area (Å²) in [4.78, 5) is 0. The number of alkyl halides is 1. The zero-order chi connectivity index (χ0) is 13.2. The van der Waals surface area contributed by atoms with Crippen molar-refractivity contribution in [3.63, 3.8) is 0 Å². The Kier molecular flexibility index (Phi) is 3.81. The number of para-hydroxylation sites is 1. The molecule has 0 N–H and O–H groups in total. The summed E-state index contributed by atoms with van der Waals surface area (Å²) in [7, 11) is 0. The van der Waals surface area contributed by atoms with Crippen LogP contribution in [0.25, 0.3) is 0 Å². The fourth-order valence-corrected chi connectivity index (χ4v) is 3.20. The molecule has 2 aromatic rings. The number of hydrogen-bond acceptors (Lipinski definition) is 1. The van der Waals surface area contributed by atoms with Crippen molar-refractivity contribution >= 4 is 27.5 Å². The zero-order valence-corrected chi connectivity index (χ0v) is 12.7. The maximum Gasteiger partial charge on any atom is 0.125 e. The summed E-state index contributed by atoms with van der Waals surface area (Å²) in [5.41, 5.74) is 2.36. The van der Waals surface area contributed by atoms with Crippen LogP contribution in [0.2, 0.25) is 0 Å². The molecule has 0 radical (unpaired) electrons. The Morgan fingerprint density at radius 3 is 2.79 bits per heavy atom. The van der Waals surface area contributed by atoms with Gasteiger partial charge in [-0.2, -0.15) is 0 Å². The molecule has 19 heavy (non-hydrogen) atoms. The van der Waals surface area contributed by atoms with E-state index in [1.54, 1.807) is 0 Å². The molecular weight excluding hydrogens is 324 g/mol. The van der Waals surface area contributed by atoms with Gasteiger partial charge in [-0.3, -0.25) is 0 Å². The average Bonchev–Trinajstić information content (AvgIpc) is 2.56. The topological polar surface area (TPSA) is 9.23 Å². The highest BCUT2D eigenvalue weighted by atomic mass is 79.9. The molecule has 1 aliphatic heterocycles. The van der Waals surface area contributed by atoms with E-state index >= 15 is 0 Å². The number of ether oxygens (including phenoxy) is 1. The van der Waals surface area contributed by atoms with E-state index in [0.717, 1.165) is 28.6 Å². The fraction of sp³-hybridized carbons (Fsp3) is 0.250. The summed E-state index contributed by atoms with van der Waals surface area (Å²) in [5.74, 6) is 0.954. The normalized spacial score (nSPS) is 22.2. The molecule has 2 aromatic carbocycles. The van der Waals surface area contributed by atoms with Gasteiger partial charge in [-0.05, 0) is 35.7 Å². The second kappa shape index (κ2) is 5.56. The predicted octanol–water partition coefficient (Wildman–Crippen LogP) is 5.12. The van der Waals surface area contributed by atoms with Crippen LogP contribution in [0.3, 0.4) is 0 Å². The van der Waals surface area contributed by atoms with E-state index in [9.17, 15) is 0 Å². The molecule has 0 aliphatic carbocycles. The largest absolute Gasteiger partial charge is 0.485 e. The summed E-state index contributed by atoms with van der Waals surface area (Å²) >= 11 is 9.95. The van der Waals surface area contributed by atoms with Crippen molar-refractivity contribution in [2.45, 2.75) is 24.3 Å². The Morgan fingerprint density at radius 2 is 1.95 bits per heavy atom. The molecule has 0 bridgehead atoms. The molecule has 98 valence electrons. The molecule has 1 aliphatic rings. The van der Waals surface area contributed by atoms with Gasteiger partial charge in [0.05, 0.1) is 0 Å². The van der Waals surface area contributed by atoms with Crippen LogP contribution in [0.1, 0.15) is 23.7 Å². The molecule has 0 fully saturated rings. The first kappa shape index (κ1) is 13.0. The number of benzene rings is 2. The van der Waals surface area contributed by atoms with Crippen molar-refractivity contribution in [1.29, 1.82) is 0 Å². The molecule has 3 rings (SSSR count). The van der Waals surface area contributed by atoms with E-state index in [1.165, 1.54) is 5.56 Å². The van der Waals surface area contributed by atoms with Gasteiger partial charge in [-0.1, -0.05) is 46.3 Å². The van der Waals surface area contributed by atoms with Crippen molar-refractivity contribution in [2.24, 2.45) is 0 Å². The highest BCUT2D eigenvalue weighted by molar-refractivity contribution is 9.10. The molecule has 0 amide bonds. The van der Waals surface area contributed by atoms with E-state index in [2.05, 4.69) is 34.1 Å². The summed E-state index contributed by atoms with van der Waals surface area (Å²) < 4.78 is 7.23. The minimum Gasteiger partial charge on any atom is -0.485 e. The molecule has 1 heterocycles. The van der Waals surface area contributed by atoms with Crippen molar-refractivity contribution in [1.82, 2.24) is 0 Å². The van der Waals surface area contributed by atoms with Crippen molar-refractivity contribution < 1.29 is 4.74 Å². The zero-order valence-electron chi connectivity index (χ0n) is 10.4. The maximum atomic E-state index is 6.44. The van der Waals surface area contributed by atoms with Crippen LogP contribution in [0.5, 0.6) is 5.75 Å². The van der Waals surface area contributed by atoms with Gasteiger partial charge in [0.25, 0.3) is 0 Å². The van der Waals surface area contributed by atoms with Gasteiger partial charge in [0.2, 0.25) is 0 Å². The number of halogens is 2. The maximum absolute atomic E-state index is 6.44. The van der Waals surface area contributed by atoms with Gasteiger partial charge in [0, 0.05) is 16.3 Å². The summed E-state index contributed by atoms with van der Waals surface area (Å²) in [6.45, 7) is 0. The van der Waals surface area contributed by atoms with Crippen molar-refractivity contribution in [3.05, 3.63) is 64.1 Å². The van der Waals surface area contributed by atoms with Crippen molar-refractivity contribution in [3.8, 4) is 5.75 Å². The molecule has 3 heteroatoms. The second-order valence-corrected chi connectivity index (χ2v) is 6.34. The van der Waals surface area contributed by atoms with E-state index in [-0.39, 0.29) is 11.5 Å². The number of rotatable bonds is 1. The monoisotopic (exact) mass is 336 g/mol. The van der Waals surface area contributed by atoms with Crippen LogP contribution in [0.15, 0.2) is 53.0 Å². The highest BCUT2D eigenvalue weighted by Gasteiger charge is 2.24. The minimum absolute atomic E-state index is 0.0173. The fourth-order valence-electron chi connectivity index (χ4n) is 2.45. The van der Waals surface area contributed by atoms with E-state index in [4.69, 9.17) is 16.3 Å². The third kappa shape index (κ3) is 2.96. The van der Waals surface area contributed by atoms with Gasteiger partial charge >= 0.3 is 0 Å². The molecule has 0 saturated heterocycles. The van der Waals surface area contributed by atoms with Gasteiger partial charge in [-0.25, -0.2) is 0 Å². The Hall–Kier alpha value is -0.990. The molecule has 2 atom stereocenters. The lowest BCUT2D eigenvalue weighted by atomic mass is 10.0. The van der Waals surface area contributed by atoms with Crippen LogP contribution in [0.4, 0.5) is 0 Å². The Labute approximate surface area is 126 Å². The number of fused-ring (bicyclic) bond motifs is 1. The van der Waals surface area contributed by atoms with Crippen LogP contribution in [-0.4, -0.2) is 5.38 Å². The first-order valence-electron chi connectivity index (χ1n) is 6.36. The summed E-state index contributed by atoms with van der Waals surface area (Å²) in [5, 5.41) is 0.104. The highest BCUT2D eigenvalue weighted by Crippen LogP contribution is 2.35. The minimum atomic E-state index is 0.0173. The third-order valence-corrected chi connectivity index (χ3v) is 4.20. The standard InChI is InChI=1S/C16H14BrClO/c17-13-6-3-5-11(8-13)16-10-14(18)9-12-4-1-2-7-15(12)19-16/h1-8,14,16H,9-10H2/t14-,16+/m0/s1. The summed E-state index contributed by atoms with van der Waals surface area (Å²) in [6.07, 6.45) is 1.71. The van der Waals surface area contributed by atoms with Crippen LogP contribution in [0, 0.1) is 0 Å². The lowest BCUT2D eigenvalue weighted by molar-refractivity contribution is 0.201. The van der Waals surface area contributed by atoms with E-state index in [0.29, 0.717) is 0 Å². The van der Waals surface area contributed by atoms with Crippen molar-refractivity contribution in [2.75, 3.05) is 0 Å². The Balaban J connectivity index is 1.95. The van der Waals surface area contributed by atoms with Crippen LogP contribution in [-0.2, 0) is 6.42 Å². The quantitative estimate of drug-likeness (QED) is 0.656. The first-order chi connectivity index (χ1) is 9.22. The number of hydrogen-bond donors (Lipinski definition) is 0. The van der Waals surface area contributed by atoms with E-state index < -0.39 is 0 Å². The molecule has 0 aromatic heterocycles. The van der Waals surface area contributed by atoms with Crippen LogP contribution < -0.4 is 4.74 Å². The van der Waals surface area contributed by atoms with E-state index in [1.807, 2.05) is 30.3 Å². The molecule has 0 unspecified atom stereocenters.